The summed E-state index contributed by atoms with van der Waals surface area (Å²) in [5.41, 5.74) is 1.72. The molecule has 2 saturated carbocycles. The van der Waals surface area contributed by atoms with Gasteiger partial charge in [0.05, 0.1) is 31.4 Å². The van der Waals surface area contributed by atoms with E-state index in [9.17, 15) is 17.6 Å². The van der Waals surface area contributed by atoms with E-state index in [2.05, 4.69) is 10.8 Å². The van der Waals surface area contributed by atoms with Gasteiger partial charge in [-0.05, 0) is 30.2 Å². The number of ether oxygens (including phenoxy) is 2. The number of benzene rings is 1. The van der Waals surface area contributed by atoms with E-state index >= 15 is 0 Å². The Bertz CT molecular complexity index is 711. The molecule has 2 bridgehead atoms. The molecule has 6 unspecified atom stereocenters. The fourth-order valence-corrected chi connectivity index (χ4v) is 5.15. The fourth-order valence-electron chi connectivity index (χ4n) is 4.68. The molecule has 0 spiro atoms. The van der Waals surface area contributed by atoms with Crippen molar-refractivity contribution in [2.75, 3.05) is 7.11 Å². The molecule has 1 aromatic rings. The van der Waals surface area contributed by atoms with Crippen molar-refractivity contribution in [3.05, 3.63) is 42.0 Å². The zero-order chi connectivity index (χ0) is 19.4. The lowest BCUT2D eigenvalue weighted by Gasteiger charge is -2.37. The molecule has 1 aromatic carbocycles. The predicted molar refractivity (Wildman–Crippen MR) is 93.2 cm³/mol. The summed E-state index contributed by atoms with van der Waals surface area (Å²) in [6.07, 6.45) is 0.558. The minimum Gasteiger partial charge on any atom is -0.342 e. The van der Waals surface area contributed by atoms with Crippen molar-refractivity contribution in [1.82, 2.24) is 0 Å². The Hall–Kier alpha value is -1.09. The normalized spacial score (nSPS) is 35.4. The molecule has 27 heavy (non-hydrogen) atoms. The number of alkyl halides is 4. The molecule has 0 N–H and O–H groups in total. The second-order valence-electron chi connectivity index (χ2n) is 7.30. The van der Waals surface area contributed by atoms with Crippen LogP contribution in [0.3, 0.4) is 0 Å². The van der Waals surface area contributed by atoms with Crippen LogP contribution in [0.2, 0.25) is 0 Å². The minimum atomic E-state index is -4.29. The zero-order valence-corrected chi connectivity index (χ0v) is 15.4. The average Bonchev–Trinajstić information content (AvgIpc) is 3.33. The molecule has 148 valence electrons. The Morgan fingerprint density at radius 2 is 1.78 bits per heavy atom. The standard InChI is InChI=1S/C19H20F4O3S/c1-3-10-4-6-11(7-5-10)17-25-15-12-8-13(16(15)26-17)14(9-12)18(20,21)19(22,23)27-24-2/h3-7,12-17H,1,8-9H2,2H3. The number of rotatable bonds is 6. The molecule has 8 heteroatoms. The van der Waals surface area contributed by atoms with Crippen molar-refractivity contribution < 1.29 is 31.2 Å². The topological polar surface area (TPSA) is 27.7 Å². The van der Waals surface area contributed by atoms with Crippen LogP contribution in [-0.4, -0.2) is 30.5 Å². The van der Waals surface area contributed by atoms with Gasteiger partial charge in [-0.25, -0.2) is 0 Å². The first-order chi connectivity index (χ1) is 12.8. The van der Waals surface area contributed by atoms with Crippen molar-refractivity contribution in [3.63, 3.8) is 0 Å². The van der Waals surface area contributed by atoms with Crippen LogP contribution in [0.4, 0.5) is 17.6 Å². The molecule has 1 heterocycles. The second kappa shape index (κ2) is 6.76. The third-order valence-corrected chi connectivity index (χ3v) is 6.55. The molecular weight excluding hydrogens is 384 g/mol. The Morgan fingerprint density at radius 3 is 2.41 bits per heavy atom. The fraction of sp³-hybridized carbons (Fsp3) is 0.579. The quantitative estimate of drug-likeness (QED) is 0.476. The van der Waals surface area contributed by atoms with Gasteiger partial charge in [-0.2, -0.15) is 17.6 Å². The molecule has 3 nitrogen and oxygen atoms in total. The van der Waals surface area contributed by atoms with Crippen LogP contribution in [0, 0.1) is 17.8 Å². The van der Waals surface area contributed by atoms with Gasteiger partial charge in [-0.1, -0.05) is 36.9 Å². The number of halogens is 4. The summed E-state index contributed by atoms with van der Waals surface area (Å²) < 4.78 is 73.1. The monoisotopic (exact) mass is 404 g/mol. The Balaban J connectivity index is 1.51. The first kappa shape index (κ1) is 19.2. The van der Waals surface area contributed by atoms with Gasteiger partial charge in [0.1, 0.15) is 0 Å². The third-order valence-electron chi connectivity index (χ3n) is 5.91. The highest BCUT2D eigenvalue weighted by Gasteiger charge is 2.71. The minimum absolute atomic E-state index is 0.00415. The van der Waals surface area contributed by atoms with E-state index < -0.39 is 47.4 Å². The number of fused-ring (bicyclic) bond motifs is 5. The van der Waals surface area contributed by atoms with E-state index in [1.807, 2.05) is 24.3 Å². The molecule has 2 aliphatic carbocycles. The lowest BCUT2D eigenvalue weighted by molar-refractivity contribution is -0.206. The Labute approximate surface area is 159 Å². The van der Waals surface area contributed by atoms with Gasteiger partial charge in [0.25, 0.3) is 0 Å². The van der Waals surface area contributed by atoms with E-state index in [0.717, 1.165) is 18.2 Å². The predicted octanol–water partition coefficient (Wildman–Crippen LogP) is 5.29. The summed E-state index contributed by atoms with van der Waals surface area (Å²) in [7, 11) is 0.960. The highest BCUT2D eigenvalue weighted by Crippen LogP contribution is 2.62. The lowest BCUT2D eigenvalue weighted by Crippen LogP contribution is -2.50. The smallest absolute Gasteiger partial charge is 0.342 e. The molecule has 6 atom stereocenters. The van der Waals surface area contributed by atoms with Crippen molar-refractivity contribution in [2.24, 2.45) is 17.8 Å². The summed E-state index contributed by atoms with van der Waals surface area (Å²) in [6, 6.07) is 7.38. The van der Waals surface area contributed by atoms with Gasteiger partial charge < -0.3 is 13.7 Å². The third kappa shape index (κ3) is 3.01. The highest BCUT2D eigenvalue weighted by molar-refractivity contribution is 7.95. The molecule has 1 saturated heterocycles. The van der Waals surface area contributed by atoms with E-state index in [4.69, 9.17) is 9.47 Å². The summed E-state index contributed by atoms with van der Waals surface area (Å²) in [5.74, 6) is -6.48. The van der Waals surface area contributed by atoms with Gasteiger partial charge in [0.2, 0.25) is 0 Å². The molecule has 0 aromatic heterocycles. The summed E-state index contributed by atoms with van der Waals surface area (Å²) in [6.45, 7) is 3.69. The van der Waals surface area contributed by atoms with Gasteiger partial charge in [-0.3, -0.25) is 0 Å². The van der Waals surface area contributed by atoms with Crippen LogP contribution in [0.15, 0.2) is 30.8 Å². The van der Waals surface area contributed by atoms with Crippen molar-refractivity contribution in [2.45, 2.75) is 42.5 Å². The maximum Gasteiger partial charge on any atom is 0.380 e. The van der Waals surface area contributed by atoms with Crippen LogP contribution in [0.1, 0.15) is 30.3 Å². The van der Waals surface area contributed by atoms with Crippen LogP contribution in [-0.2, 0) is 13.7 Å². The Morgan fingerprint density at radius 1 is 1.11 bits per heavy atom. The molecule has 1 aliphatic heterocycles. The zero-order valence-electron chi connectivity index (χ0n) is 14.6. The van der Waals surface area contributed by atoms with Gasteiger partial charge >= 0.3 is 11.2 Å². The van der Waals surface area contributed by atoms with E-state index in [1.165, 1.54) is 0 Å². The second-order valence-corrected chi connectivity index (χ2v) is 8.31. The lowest BCUT2D eigenvalue weighted by atomic mass is 9.81. The van der Waals surface area contributed by atoms with E-state index in [1.54, 1.807) is 6.08 Å². The summed E-state index contributed by atoms with van der Waals surface area (Å²) >= 11 is -0.483. The largest absolute Gasteiger partial charge is 0.380 e. The van der Waals surface area contributed by atoms with Crippen molar-refractivity contribution in [3.8, 4) is 0 Å². The average molecular weight is 404 g/mol. The van der Waals surface area contributed by atoms with Crippen LogP contribution in [0.5, 0.6) is 0 Å². The molecule has 3 aliphatic rings. The molecule has 0 amide bonds. The highest BCUT2D eigenvalue weighted by atomic mass is 32.2. The van der Waals surface area contributed by atoms with Crippen molar-refractivity contribution >= 4 is 18.1 Å². The Kier molecular flexibility index (Phi) is 4.81. The molecule has 0 radical (unpaired) electrons. The van der Waals surface area contributed by atoms with E-state index in [-0.39, 0.29) is 18.4 Å². The van der Waals surface area contributed by atoms with Crippen LogP contribution >= 0.6 is 12.0 Å². The van der Waals surface area contributed by atoms with Gasteiger partial charge in [-0.15, -0.1) is 0 Å². The number of hydrogen-bond donors (Lipinski definition) is 0. The van der Waals surface area contributed by atoms with E-state index in [0.29, 0.717) is 6.42 Å². The SMILES string of the molecule is C=Cc1ccc(C2OC3C4CC(C3O2)C(C(F)(F)C(F)(F)SOC)C4)cc1. The van der Waals surface area contributed by atoms with Crippen LogP contribution < -0.4 is 0 Å². The first-order valence-corrected chi connectivity index (χ1v) is 9.53. The molecular formula is C19H20F4O3S. The maximum absolute atomic E-state index is 14.6. The van der Waals surface area contributed by atoms with Crippen molar-refractivity contribution in [1.29, 1.82) is 0 Å². The molecule has 4 rings (SSSR count). The van der Waals surface area contributed by atoms with Gasteiger partial charge in [0, 0.05) is 11.5 Å². The van der Waals surface area contributed by atoms with Crippen LogP contribution in [0.25, 0.3) is 6.08 Å². The maximum atomic E-state index is 14.6. The number of hydrogen-bond acceptors (Lipinski definition) is 4. The summed E-state index contributed by atoms with van der Waals surface area (Å²) in [5, 5.41) is -4.29. The van der Waals surface area contributed by atoms with Gasteiger partial charge in [0.15, 0.2) is 6.29 Å². The molecule has 3 fully saturated rings. The summed E-state index contributed by atoms with van der Waals surface area (Å²) in [4.78, 5) is 0. The first-order valence-electron chi connectivity index (χ1n) is 8.79.